The Morgan fingerprint density at radius 2 is 2.11 bits per heavy atom. The summed E-state index contributed by atoms with van der Waals surface area (Å²) in [4.78, 5) is 25.4. The number of fused-ring (bicyclic) bond motifs is 1. The van der Waals surface area contributed by atoms with E-state index in [0.717, 1.165) is 10.9 Å². The Hall–Kier alpha value is -2.30. The zero-order valence-corrected chi connectivity index (χ0v) is 9.90. The molecule has 0 saturated heterocycles. The van der Waals surface area contributed by atoms with Gasteiger partial charge in [-0.3, -0.25) is 9.59 Å². The Labute approximate surface area is 104 Å². The van der Waals surface area contributed by atoms with Crippen molar-refractivity contribution in [2.45, 2.75) is 12.8 Å². The van der Waals surface area contributed by atoms with Crippen molar-refractivity contribution in [2.24, 2.45) is 5.73 Å². The van der Waals surface area contributed by atoms with Crippen LogP contribution in [0.25, 0.3) is 10.9 Å². The highest BCUT2D eigenvalue weighted by atomic mass is 16.2. The van der Waals surface area contributed by atoms with Crippen LogP contribution in [-0.2, 0) is 4.79 Å². The van der Waals surface area contributed by atoms with Crippen LogP contribution in [0, 0.1) is 0 Å². The average molecular weight is 245 g/mol. The fraction of sp³-hybridized carbons (Fsp3) is 0.231. The number of amides is 2. The summed E-state index contributed by atoms with van der Waals surface area (Å²) in [5, 5.41) is 3.82. The van der Waals surface area contributed by atoms with Crippen LogP contribution in [0.3, 0.4) is 0 Å². The van der Waals surface area contributed by atoms with E-state index in [-0.39, 0.29) is 18.2 Å². The van der Waals surface area contributed by atoms with Gasteiger partial charge in [0.1, 0.15) is 0 Å². The zero-order valence-electron chi connectivity index (χ0n) is 9.90. The van der Waals surface area contributed by atoms with Gasteiger partial charge in [0.2, 0.25) is 5.91 Å². The van der Waals surface area contributed by atoms with Gasteiger partial charge in [0.25, 0.3) is 5.91 Å². The predicted octanol–water partition coefficient (Wildman–Crippen LogP) is 1.16. The molecule has 0 aliphatic carbocycles. The normalized spacial score (nSPS) is 10.4. The lowest BCUT2D eigenvalue weighted by Crippen LogP contribution is -2.25. The lowest BCUT2D eigenvalue weighted by Gasteiger charge is -2.04. The number of primary amides is 1. The molecule has 0 saturated carbocycles. The van der Waals surface area contributed by atoms with Gasteiger partial charge in [-0.25, -0.2) is 0 Å². The van der Waals surface area contributed by atoms with Crippen LogP contribution in [0.15, 0.2) is 30.5 Å². The van der Waals surface area contributed by atoms with E-state index in [9.17, 15) is 9.59 Å². The predicted molar refractivity (Wildman–Crippen MR) is 69.1 cm³/mol. The largest absolute Gasteiger partial charge is 0.370 e. The Morgan fingerprint density at radius 3 is 2.89 bits per heavy atom. The first-order valence-corrected chi connectivity index (χ1v) is 5.80. The number of carbonyl (C=O) groups is 2. The molecule has 0 aliphatic rings. The second-order valence-electron chi connectivity index (χ2n) is 4.11. The van der Waals surface area contributed by atoms with Crippen molar-refractivity contribution in [3.63, 3.8) is 0 Å². The van der Waals surface area contributed by atoms with Crippen molar-refractivity contribution in [3.05, 3.63) is 36.0 Å². The summed E-state index contributed by atoms with van der Waals surface area (Å²) < 4.78 is 0. The van der Waals surface area contributed by atoms with Crippen molar-refractivity contribution in [3.8, 4) is 0 Å². The number of benzene rings is 1. The molecule has 1 heterocycles. The van der Waals surface area contributed by atoms with E-state index in [2.05, 4.69) is 10.3 Å². The van der Waals surface area contributed by atoms with Crippen LogP contribution in [0.4, 0.5) is 0 Å². The van der Waals surface area contributed by atoms with Crippen LogP contribution in [-0.4, -0.2) is 23.3 Å². The molecule has 18 heavy (non-hydrogen) atoms. The summed E-state index contributed by atoms with van der Waals surface area (Å²) in [5.41, 5.74) is 6.55. The monoisotopic (exact) mass is 245 g/mol. The Balaban J connectivity index is 1.93. The van der Waals surface area contributed by atoms with E-state index < -0.39 is 0 Å². The molecule has 2 rings (SSSR count). The van der Waals surface area contributed by atoms with Crippen LogP contribution in [0.5, 0.6) is 0 Å². The molecule has 0 unspecified atom stereocenters. The zero-order chi connectivity index (χ0) is 13.0. The number of aromatic amines is 1. The van der Waals surface area contributed by atoms with Crippen molar-refractivity contribution in [2.75, 3.05) is 6.54 Å². The van der Waals surface area contributed by atoms with Crippen molar-refractivity contribution in [1.82, 2.24) is 10.3 Å². The van der Waals surface area contributed by atoms with E-state index in [1.165, 1.54) is 0 Å². The maximum absolute atomic E-state index is 11.8. The molecule has 0 atom stereocenters. The van der Waals surface area contributed by atoms with Gasteiger partial charge in [0.15, 0.2) is 0 Å². The molecule has 94 valence electrons. The Kier molecular flexibility index (Phi) is 3.62. The van der Waals surface area contributed by atoms with E-state index in [1.807, 2.05) is 18.3 Å². The van der Waals surface area contributed by atoms with Crippen LogP contribution in [0.2, 0.25) is 0 Å². The molecule has 5 nitrogen and oxygen atoms in total. The maximum atomic E-state index is 11.8. The molecule has 0 fully saturated rings. The van der Waals surface area contributed by atoms with Gasteiger partial charge in [0, 0.05) is 30.2 Å². The summed E-state index contributed by atoms with van der Waals surface area (Å²) in [5.74, 6) is -0.493. The molecule has 1 aromatic heterocycles. The molecule has 4 N–H and O–H groups in total. The van der Waals surface area contributed by atoms with Crippen LogP contribution < -0.4 is 11.1 Å². The average Bonchev–Trinajstić information content (AvgIpc) is 2.81. The molecule has 1 aromatic carbocycles. The molecule has 0 radical (unpaired) electrons. The molecule has 0 spiro atoms. The fourth-order valence-corrected chi connectivity index (χ4v) is 1.76. The number of rotatable bonds is 5. The summed E-state index contributed by atoms with van der Waals surface area (Å²) in [6.45, 7) is 0.449. The van der Waals surface area contributed by atoms with Gasteiger partial charge in [-0.1, -0.05) is 6.07 Å². The number of carbonyl (C=O) groups excluding carboxylic acids is 2. The molecule has 0 bridgehead atoms. The Morgan fingerprint density at radius 1 is 1.28 bits per heavy atom. The van der Waals surface area contributed by atoms with Gasteiger partial charge in [-0.15, -0.1) is 0 Å². The molecule has 0 aliphatic heterocycles. The maximum Gasteiger partial charge on any atom is 0.251 e. The number of nitrogens with one attached hydrogen (secondary N) is 2. The van der Waals surface area contributed by atoms with Gasteiger partial charge in [-0.05, 0) is 30.0 Å². The summed E-state index contributed by atoms with van der Waals surface area (Å²) in [6.07, 6.45) is 2.68. The summed E-state index contributed by atoms with van der Waals surface area (Å²) >= 11 is 0. The van der Waals surface area contributed by atoms with E-state index in [4.69, 9.17) is 5.73 Å². The van der Waals surface area contributed by atoms with Gasteiger partial charge < -0.3 is 16.0 Å². The first-order chi connectivity index (χ1) is 8.66. The minimum atomic E-state index is -0.350. The second kappa shape index (κ2) is 5.35. The highest BCUT2D eigenvalue weighted by Crippen LogP contribution is 2.13. The minimum Gasteiger partial charge on any atom is -0.370 e. The van der Waals surface area contributed by atoms with E-state index in [1.54, 1.807) is 12.1 Å². The quantitative estimate of drug-likeness (QED) is 0.690. The first-order valence-electron chi connectivity index (χ1n) is 5.80. The fourth-order valence-electron chi connectivity index (χ4n) is 1.76. The third kappa shape index (κ3) is 2.88. The first kappa shape index (κ1) is 12.2. The standard InChI is InChI=1S/C13H15N3O2/c14-12(17)2-1-6-16-13(18)10-4-3-9-5-7-15-11(9)8-10/h3-5,7-8,15H,1-2,6H2,(H2,14,17)(H,16,18). The van der Waals surface area contributed by atoms with Crippen LogP contribution >= 0.6 is 0 Å². The Bertz CT molecular complexity index is 574. The molecule has 2 amide bonds. The van der Waals surface area contributed by atoms with Crippen molar-refractivity contribution < 1.29 is 9.59 Å². The van der Waals surface area contributed by atoms with Crippen molar-refractivity contribution >= 4 is 22.7 Å². The highest BCUT2D eigenvalue weighted by molar-refractivity contribution is 5.97. The van der Waals surface area contributed by atoms with Crippen LogP contribution in [0.1, 0.15) is 23.2 Å². The highest BCUT2D eigenvalue weighted by Gasteiger charge is 2.06. The number of aromatic nitrogens is 1. The van der Waals surface area contributed by atoms with E-state index in [0.29, 0.717) is 18.5 Å². The summed E-state index contributed by atoms with van der Waals surface area (Å²) in [7, 11) is 0. The lowest BCUT2D eigenvalue weighted by molar-refractivity contribution is -0.118. The van der Waals surface area contributed by atoms with E-state index >= 15 is 0 Å². The third-order valence-electron chi connectivity index (χ3n) is 2.70. The SMILES string of the molecule is NC(=O)CCCNC(=O)c1ccc2cc[nH]c2c1. The molecular weight excluding hydrogens is 230 g/mol. The smallest absolute Gasteiger partial charge is 0.251 e. The number of hydrogen-bond acceptors (Lipinski definition) is 2. The third-order valence-corrected chi connectivity index (χ3v) is 2.70. The molecule has 5 heteroatoms. The lowest BCUT2D eigenvalue weighted by atomic mass is 10.1. The van der Waals surface area contributed by atoms with Gasteiger partial charge >= 0.3 is 0 Å². The number of H-pyrrole nitrogens is 1. The van der Waals surface area contributed by atoms with Crippen molar-refractivity contribution in [1.29, 1.82) is 0 Å². The molecular formula is C13H15N3O2. The molecule has 2 aromatic rings. The summed E-state index contributed by atoms with van der Waals surface area (Å²) in [6, 6.07) is 7.42. The second-order valence-corrected chi connectivity index (χ2v) is 4.11. The topological polar surface area (TPSA) is 88.0 Å². The number of nitrogens with two attached hydrogens (primary N) is 1. The van der Waals surface area contributed by atoms with Gasteiger partial charge in [0.05, 0.1) is 0 Å². The number of hydrogen-bond donors (Lipinski definition) is 3. The minimum absolute atomic E-state index is 0.143. The van der Waals surface area contributed by atoms with Gasteiger partial charge in [-0.2, -0.15) is 0 Å².